The molecule has 5 nitrogen and oxygen atoms in total. The Morgan fingerprint density at radius 3 is 1.97 bits per heavy atom. The lowest BCUT2D eigenvalue weighted by Crippen LogP contribution is -2.22. The number of amides is 1. The Balaban J connectivity index is 1.81. The SMILES string of the molecule is CN(C)S(=O)(=O)c1ccc(NC(=O)[C@H](Sc2ccccc2)c2ccccc2)cc1. The molecule has 0 fully saturated rings. The minimum absolute atomic E-state index is 0.173. The van der Waals surface area contributed by atoms with Gasteiger partial charge in [0.1, 0.15) is 5.25 Å². The minimum Gasteiger partial charge on any atom is -0.325 e. The van der Waals surface area contributed by atoms with Crippen molar-refractivity contribution in [3.05, 3.63) is 90.5 Å². The Morgan fingerprint density at radius 1 is 0.862 bits per heavy atom. The Morgan fingerprint density at radius 2 is 1.41 bits per heavy atom. The van der Waals surface area contributed by atoms with E-state index >= 15 is 0 Å². The highest BCUT2D eigenvalue weighted by molar-refractivity contribution is 8.00. The first-order valence-electron chi connectivity index (χ1n) is 8.98. The third-order valence-electron chi connectivity index (χ3n) is 4.24. The Bertz CT molecular complexity index is 1050. The number of sulfonamides is 1. The lowest BCUT2D eigenvalue weighted by molar-refractivity contribution is -0.115. The van der Waals surface area contributed by atoms with Crippen LogP contribution in [0.2, 0.25) is 0 Å². The molecule has 0 aliphatic rings. The van der Waals surface area contributed by atoms with Gasteiger partial charge in [-0.1, -0.05) is 48.5 Å². The topological polar surface area (TPSA) is 66.5 Å². The molecule has 3 aromatic carbocycles. The van der Waals surface area contributed by atoms with Crippen molar-refractivity contribution in [2.75, 3.05) is 19.4 Å². The summed E-state index contributed by atoms with van der Waals surface area (Å²) < 4.78 is 25.5. The molecule has 0 bridgehead atoms. The maximum absolute atomic E-state index is 13.0. The summed E-state index contributed by atoms with van der Waals surface area (Å²) >= 11 is 1.47. The molecule has 0 saturated heterocycles. The van der Waals surface area contributed by atoms with Crippen molar-refractivity contribution >= 4 is 33.4 Å². The van der Waals surface area contributed by atoms with Crippen LogP contribution in [0.5, 0.6) is 0 Å². The van der Waals surface area contributed by atoms with Crippen molar-refractivity contribution in [2.24, 2.45) is 0 Å². The summed E-state index contributed by atoms with van der Waals surface area (Å²) in [6.45, 7) is 0. The van der Waals surface area contributed by atoms with Gasteiger partial charge in [-0.3, -0.25) is 4.79 Å². The van der Waals surface area contributed by atoms with Gasteiger partial charge < -0.3 is 5.32 Å². The molecule has 0 heterocycles. The third kappa shape index (κ3) is 5.26. The predicted molar refractivity (Wildman–Crippen MR) is 117 cm³/mol. The summed E-state index contributed by atoms with van der Waals surface area (Å²) in [5.41, 5.74) is 1.44. The van der Waals surface area contributed by atoms with E-state index in [1.807, 2.05) is 60.7 Å². The van der Waals surface area contributed by atoms with Gasteiger partial charge in [0.25, 0.3) is 0 Å². The molecule has 3 rings (SSSR count). The van der Waals surface area contributed by atoms with Crippen molar-refractivity contribution in [3.8, 4) is 0 Å². The number of nitrogens with one attached hydrogen (secondary N) is 1. The van der Waals surface area contributed by atoms with Crippen molar-refractivity contribution in [2.45, 2.75) is 15.0 Å². The largest absolute Gasteiger partial charge is 0.325 e. The molecule has 7 heteroatoms. The molecule has 150 valence electrons. The fourth-order valence-corrected chi connectivity index (χ4v) is 4.61. The van der Waals surface area contributed by atoms with Gasteiger partial charge in [0, 0.05) is 24.7 Å². The summed E-state index contributed by atoms with van der Waals surface area (Å²) in [6, 6.07) is 25.5. The summed E-state index contributed by atoms with van der Waals surface area (Å²) in [5.74, 6) is -0.173. The normalized spacial score (nSPS) is 12.5. The lowest BCUT2D eigenvalue weighted by Gasteiger charge is -2.17. The van der Waals surface area contributed by atoms with Crippen LogP contribution in [0.3, 0.4) is 0 Å². The van der Waals surface area contributed by atoms with Gasteiger partial charge in [-0.2, -0.15) is 0 Å². The van der Waals surface area contributed by atoms with E-state index in [0.717, 1.165) is 14.8 Å². The number of benzene rings is 3. The van der Waals surface area contributed by atoms with Crippen LogP contribution in [-0.2, 0) is 14.8 Å². The maximum atomic E-state index is 13.0. The molecule has 0 saturated carbocycles. The van der Waals surface area contributed by atoms with Crippen LogP contribution in [-0.4, -0.2) is 32.7 Å². The quantitative estimate of drug-likeness (QED) is 0.569. The molecule has 0 aliphatic carbocycles. The summed E-state index contributed by atoms with van der Waals surface area (Å²) in [6.07, 6.45) is 0. The van der Waals surface area contributed by atoms with E-state index in [9.17, 15) is 13.2 Å². The van der Waals surface area contributed by atoms with E-state index in [1.165, 1.54) is 38.0 Å². The van der Waals surface area contributed by atoms with Gasteiger partial charge in [-0.05, 0) is 42.0 Å². The molecule has 1 amide bonds. The molecule has 0 aromatic heterocycles. The number of hydrogen-bond donors (Lipinski definition) is 1. The molecule has 0 unspecified atom stereocenters. The Hall–Kier alpha value is -2.61. The Kier molecular flexibility index (Phi) is 6.74. The second-order valence-corrected chi connectivity index (χ2v) is 9.85. The number of rotatable bonds is 7. The van der Waals surface area contributed by atoms with Gasteiger partial charge in [0.05, 0.1) is 4.90 Å². The van der Waals surface area contributed by atoms with Gasteiger partial charge in [-0.15, -0.1) is 11.8 Å². The van der Waals surface area contributed by atoms with Crippen LogP contribution in [0.1, 0.15) is 10.8 Å². The summed E-state index contributed by atoms with van der Waals surface area (Å²) in [5, 5.41) is 2.46. The monoisotopic (exact) mass is 426 g/mol. The van der Waals surface area contributed by atoms with Crippen molar-refractivity contribution in [1.82, 2.24) is 4.31 Å². The first-order chi connectivity index (χ1) is 13.9. The van der Waals surface area contributed by atoms with Crippen LogP contribution >= 0.6 is 11.8 Å². The fraction of sp³-hybridized carbons (Fsp3) is 0.136. The number of hydrogen-bond acceptors (Lipinski definition) is 4. The average Bonchev–Trinajstić information content (AvgIpc) is 2.73. The number of thioether (sulfide) groups is 1. The number of carbonyl (C=O) groups excluding carboxylic acids is 1. The maximum Gasteiger partial charge on any atom is 0.242 e. The zero-order valence-electron chi connectivity index (χ0n) is 16.1. The van der Waals surface area contributed by atoms with Crippen LogP contribution in [0.25, 0.3) is 0 Å². The van der Waals surface area contributed by atoms with Crippen LogP contribution < -0.4 is 5.32 Å². The van der Waals surface area contributed by atoms with Crippen molar-refractivity contribution in [1.29, 1.82) is 0 Å². The van der Waals surface area contributed by atoms with Crippen molar-refractivity contribution in [3.63, 3.8) is 0 Å². The van der Waals surface area contributed by atoms with Gasteiger partial charge in [-0.25, -0.2) is 12.7 Å². The molecule has 0 spiro atoms. The first kappa shape index (κ1) is 21.1. The molecule has 1 N–H and O–H groups in total. The van der Waals surface area contributed by atoms with Crippen LogP contribution in [0.4, 0.5) is 5.69 Å². The van der Waals surface area contributed by atoms with Crippen LogP contribution in [0, 0.1) is 0 Å². The second kappa shape index (κ2) is 9.26. The summed E-state index contributed by atoms with van der Waals surface area (Å²) in [7, 11) is -0.541. The lowest BCUT2D eigenvalue weighted by atomic mass is 10.1. The number of nitrogens with zero attached hydrogens (tertiary/aromatic N) is 1. The highest BCUT2D eigenvalue weighted by Gasteiger charge is 2.23. The highest BCUT2D eigenvalue weighted by atomic mass is 32.2. The van der Waals surface area contributed by atoms with E-state index in [1.54, 1.807) is 12.1 Å². The predicted octanol–water partition coefficient (Wildman–Crippen LogP) is 4.41. The zero-order valence-corrected chi connectivity index (χ0v) is 17.8. The average molecular weight is 427 g/mol. The summed E-state index contributed by atoms with van der Waals surface area (Å²) in [4.78, 5) is 14.2. The van der Waals surface area contributed by atoms with Crippen molar-refractivity contribution < 1.29 is 13.2 Å². The Labute approximate surface area is 175 Å². The number of anilines is 1. The fourth-order valence-electron chi connectivity index (χ4n) is 2.66. The minimum atomic E-state index is -3.51. The van der Waals surface area contributed by atoms with E-state index in [4.69, 9.17) is 0 Å². The highest BCUT2D eigenvalue weighted by Crippen LogP contribution is 2.36. The van der Waals surface area contributed by atoms with Gasteiger partial charge in [0.2, 0.25) is 15.9 Å². The van der Waals surface area contributed by atoms with E-state index in [-0.39, 0.29) is 10.8 Å². The molecule has 29 heavy (non-hydrogen) atoms. The van der Waals surface area contributed by atoms with Gasteiger partial charge >= 0.3 is 0 Å². The molecule has 1 atom stereocenters. The molecule has 0 aliphatic heterocycles. The number of carbonyl (C=O) groups is 1. The van der Waals surface area contributed by atoms with E-state index in [0.29, 0.717) is 5.69 Å². The molecular formula is C22H22N2O3S2. The van der Waals surface area contributed by atoms with Crippen LogP contribution in [0.15, 0.2) is 94.7 Å². The second-order valence-electron chi connectivity index (χ2n) is 6.52. The third-order valence-corrected chi connectivity index (χ3v) is 7.33. The standard InChI is InChI=1S/C22H22N2O3S2/c1-24(2)29(26,27)20-15-13-18(14-16-20)23-22(25)21(17-9-5-3-6-10-17)28-19-11-7-4-8-12-19/h3-16,21H,1-2H3,(H,23,25)/t21-/m1/s1. The molecule has 0 radical (unpaired) electrons. The van der Waals surface area contributed by atoms with E-state index < -0.39 is 15.3 Å². The first-order valence-corrected chi connectivity index (χ1v) is 11.3. The molecule has 3 aromatic rings. The van der Waals surface area contributed by atoms with Gasteiger partial charge in [0.15, 0.2) is 0 Å². The zero-order chi connectivity index (χ0) is 20.9. The molecular weight excluding hydrogens is 404 g/mol. The van der Waals surface area contributed by atoms with E-state index in [2.05, 4.69) is 5.32 Å². The smallest absolute Gasteiger partial charge is 0.242 e.